The van der Waals surface area contributed by atoms with E-state index in [1.807, 2.05) is 12.1 Å². The number of nitrogens with one attached hydrogen (secondary N) is 1. The molecule has 0 saturated carbocycles. The molecule has 0 saturated heterocycles. The van der Waals surface area contributed by atoms with E-state index in [1.54, 1.807) is 0 Å². The Hall–Kier alpha value is -0.540. The molecule has 2 N–H and O–H groups in total. The van der Waals surface area contributed by atoms with Crippen molar-refractivity contribution in [1.29, 1.82) is 0 Å². The van der Waals surface area contributed by atoms with Crippen LogP contribution in [0.1, 0.15) is 11.1 Å². The predicted molar refractivity (Wildman–Crippen MR) is 52.3 cm³/mol. The van der Waals surface area contributed by atoms with Gasteiger partial charge in [0, 0.05) is 16.7 Å². The molecule has 1 heterocycles. The molecule has 1 aliphatic rings. The van der Waals surface area contributed by atoms with E-state index in [0.29, 0.717) is 0 Å². The molecule has 0 fully saturated rings. The van der Waals surface area contributed by atoms with E-state index in [-0.39, 0.29) is 6.61 Å². The van der Waals surface area contributed by atoms with Gasteiger partial charge in [-0.15, -0.1) is 0 Å². The van der Waals surface area contributed by atoms with Crippen LogP contribution in [0.25, 0.3) is 0 Å². The minimum absolute atomic E-state index is 0.105. The zero-order chi connectivity index (χ0) is 8.55. The van der Waals surface area contributed by atoms with Gasteiger partial charge in [-0.2, -0.15) is 0 Å². The van der Waals surface area contributed by atoms with Gasteiger partial charge < -0.3 is 10.4 Å². The summed E-state index contributed by atoms with van der Waals surface area (Å²) in [5, 5.41) is 12.2. The highest BCUT2D eigenvalue weighted by Crippen LogP contribution is 2.30. The van der Waals surface area contributed by atoms with Crippen molar-refractivity contribution in [1.82, 2.24) is 0 Å². The number of anilines is 1. The second-order valence-electron chi connectivity index (χ2n) is 2.94. The SMILES string of the molecule is OCc1cc(Br)c2c(c1)NCC2. The van der Waals surface area contributed by atoms with Crippen LogP contribution in [0, 0.1) is 0 Å². The first-order valence-electron chi connectivity index (χ1n) is 3.97. The molecule has 0 unspecified atom stereocenters. The fraction of sp³-hybridized carbons (Fsp3) is 0.333. The van der Waals surface area contributed by atoms with Crippen molar-refractivity contribution in [2.45, 2.75) is 13.0 Å². The first-order chi connectivity index (χ1) is 5.81. The highest BCUT2D eigenvalue weighted by Gasteiger charge is 2.13. The van der Waals surface area contributed by atoms with Crippen molar-refractivity contribution in [2.75, 3.05) is 11.9 Å². The molecule has 2 nitrogen and oxygen atoms in total. The number of benzene rings is 1. The Balaban J connectivity index is 2.51. The summed E-state index contributed by atoms with van der Waals surface area (Å²) in [5.74, 6) is 0. The van der Waals surface area contributed by atoms with Crippen molar-refractivity contribution < 1.29 is 5.11 Å². The lowest BCUT2D eigenvalue weighted by molar-refractivity contribution is 0.282. The normalized spacial score (nSPS) is 14.2. The van der Waals surface area contributed by atoms with Crippen LogP contribution in [-0.4, -0.2) is 11.7 Å². The molecule has 0 amide bonds. The van der Waals surface area contributed by atoms with Crippen LogP contribution in [0.2, 0.25) is 0 Å². The fourth-order valence-corrected chi connectivity index (χ4v) is 2.22. The number of hydrogen-bond donors (Lipinski definition) is 2. The molecule has 0 radical (unpaired) electrons. The number of halogens is 1. The largest absolute Gasteiger partial charge is 0.392 e. The topological polar surface area (TPSA) is 32.3 Å². The first kappa shape index (κ1) is 8.08. The van der Waals surface area contributed by atoms with Crippen molar-refractivity contribution in [3.8, 4) is 0 Å². The van der Waals surface area contributed by atoms with E-state index in [9.17, 15) is 0 Å². The predicted octanol–water partition coefficient (Wildman–Crippen LogP) is 1.91. The monoisotopic (exact) mass is 227 g/mol. The second-order valence-corrected chi connectivity index (χ2v) is 3.79. The van der Waals surface area contributed by atoms with Gasteiger partial charge in [0.2, 0.25) is 0 Å². The Morgan fingerprint density at radius 3 is 3.08 bits per heavy atom. The van der Waals surface area contributed by atoms with Crippen LogP contribution in [0.4, 0.5) is 5.69 Å². The number of hydrogen-bond acceptors (Lipinski definition) is 2. The number of aliphatic hydroxyl groups is 1. The number of aliphatic hydroxyl groups excluding tert-OH is 1. The van der Waals surface area contributed by atoms with Crippen molar-refractivity contribution >= 4 is 21.6 Å². The molecule has 0 atom stereocenters. The highest BCUT2D eigenvalue weighted by atomic mass is 79.9. The summed E-state index contributed by atoms with van der Waals surface area (Å²) in [7, 11) is 0. The second kappa shape index (κ2) is 3.07. The van der Waals surface area contributed by atoms with Crippen LogP contribution in [0.5, 0.6) is 0 Å². The van der Waals surface area contributed by atoms with Gasteiger partial charge in [0.05, 0.1) is 6.61 Å². The van der Waals surface area contributed by atoms with Crippen LogP contribution >= 0.6 is 15.9 Å². The van der Waals surface area contributed by atoms with Crippen LogP contribution in [0.15, 0.2) is 16.6 Å². The Bertz CT molecular complexity index is 312. The smallest absolute Gasteiger partial charge is 0.0683 e. The van der Waals surface area contributed by atoms with Crippen LogP contribution in [0.3, 0.4) is 0 Å². The molecule has 64 valence electrons. The lowest BCUT2D eigenvalue weighted by Crippen LogP contribution is -1.91. The Morgan fingerprint density at radius 2 is 2.33 bits per heavy atom. The number of fused-ring (bicyclic) bond motifs is 1. The maximum absolute atomic E-state index is 8.94. The standard InChI is InChI=1S/C9H10BrNO/c10-8-3-6(5-12)4-9-7(8)1-2-11-9/h3-4,11-12H,1-2,5H2. The highest BCUT2D eigenvalue weighted by molar-refractivity contribution is 9.10. The van der Waals surface area contributed by atoms with E-state index in [2.05, 4.69) is 21.2 Å². The fourth-order valence-electron chi connectivity index (χ4n) is 1.52. The summed E-state index contributed by atoms with van der Waals surface area (Å²) >= 11 is 3.49. The van der Waals surface area contributed by atoms with Gasteiger partial charge in [0.15, 0.2) is 0 Å². The van der Waals surface area contributed by atoms with E-state index >= 15 is 0 Å². The molecular formula is C9H10BrNO. The van der Waals surface area contributed by atoms with Crippen molar-refractivity contribution in [2.24, 2.45) is 0 Å². The van der Waals surface area contributed by atoms with Crippen molar-refractivity contribution in [3.63, 3.8) is 0 Å². The Labute approximate surface area is 79.7 Å². The lowest BCUT2D eigenvalue weighted by Gasteiger charge is -2.04. The molecule has 2 rings (SSSR count). The van der Waals surface area contributed by atoms with Gasteiger partial charge in [-0.1, -0.05) is 15.9 Å². The third-order valence-electron chi connectivity index (χ3n) is 2.13. The van der Waals surface area contributed by atoms with Crippen LogP contribution in [-0.2, 0) is 13.0 Å². The van der Waals surface area contributed by atoms with Gasteiger partial charge in [-0.3, -0.25) is 0 Å². The molecule has 0 aliphatic carbocycles. The third kappa shape index (κ3) is 1.23. The summed E-state index contributed by atoms with van der Waals surface area (Å²) in [6.45, 7) is 1.11. The summed E-state index contributed by atoms with van der Waals surface area (Å²) in [6.07, 6.45) is 1.07. The quantitative estimate of drug-likeness (QED) is 0.769. The maximum Gasteiger partial charge on any atom is 0.0683 e. The number of rotatable bonds is 1. The molecule has 0 bridgehead atoms. The van der Waals surface area contributed by atoms with Crippen LogP contribution < -0.4 is 5.32 Å². The summed E-state index contributed by atoms with van der Waals surface area (Å²) in [6, 6.07) is 3.99. The van der Waals surface area contributed by atoms with Gasteiger partial charge in [-0.05, 0) is 29.7 Å². The summed E-state index contributed by atoms with van der Waals surface area (Å²) < 4.78 is 1.11. The zero-order valence-corrected chi connectivity index (χ0v) is 8.19. The molecule has 3 heteroatoms. The Kier molecular flexibility index (Phi) is 2.07. The van der Waals surface area contributed by atoms with E-state index in [4.69, 9.17) is 5.11 Å². The average molecular weight is 228 g/mol. The third-order valence-corrected chi connectivity index (χ3v) is 2.84. The van der Waals surface area contributed by atoms with Gasteiger partial charge in [-0.25, -0.2) is 0 Å². The van der Waals surface area contributed by atoms with Gasteiger partial charge in [0.25, 0.3) is 0 Å². The summed E-state index contributed by atoms with van der Waals surface area (Å²) in [5.41, 5.74) is 3.44. The van der Waals surface area contributed by atoms with Gasteiger partial charge >= 0.3 is 0 Å². The zero-order valence-electron chi connectivity index (χ0n) is 6.60. The van der Waals surface area contributed by atoms with Gasteiger partial charge in [0.1, 0.15) is 0 Å². The van der Waals surface area contributed by atoms with E-state index in [0.717, 1.165) is 28.7 Å². The maximum atomic E-state index is 8.94. The summed E-state index contributed by atoms with van der Waals surface area (Å²) in [4.78, 5) is 0. The average Bonchev–Trinajstić information content (AvgIpc) is 2.52. The molecule has 0 spiro atoms. The molecule has 12 heavy (non-hydrogen) atoms. The Morgan fingerprint density at radius 1 is 1.50 bits per heavy atom. The minimum Gasteiger partial charge on any atom is -0.392 e. The van der Waals surface area contributed by atoms with Crippen molar-refractivity contribution in [3.05, 3.63) is 27.7 Å². The lowest BCUT2D eigenvalue weighted by atomic mass is 10.1. The molecule has 1 aliphatic heterocycles. The molecule has 1 aromatic carbocycles. The van der Waals surface area contributed by atoms with E-state index < -0.39 is 0 Å². The molecular weight excluding hydrogens is 218 g/mol. The van der Waals surface area contributed by atoms with E-state index in [1.165, 1.54) is 5.56 Å². The molecule has 1 aromatic rings. The molecule has 0 aromatic heterocycles. The minimum atomic E-state index is 0.105. The first-order valence-corrected chi connectivity index (χ1v) is 4.76.